The molecule has 7 heteroatoms. The average Bonchev–Trinajstić information content (AvgIpc) is 2.74. The zero-order valence-corrected chi connectivity index (χ0v) is 17.8. The van der Waals surface area contributed by atoms with Crippen LogP contribution in [0.2, 0.25) is 0 Å². The lowest BCUT2D eigenvalue weighted by molar-refractivity contribution is 0.0740. The first-order chi connectivity index (χ1) is 14.6. The highest BCUT2D eigenvalue weighted by Gasteiger charge is 2.23. The number of pyridine rings is 1. The van der Waals surface area contributed by atoms with E-state index in [1.807, 2.05) is 16.4 Å². The molecule has 30 heavy (non-hydrogen) atoms. The lowest BCUT2D eigenvalue weighted by atomic mass is 10.1. The Morgan fingerprint density at radius 2 is 1.70 bits per heavy atom. The van der Waals surface area contributed by atoms with Crippen LogP contribution < -0.4 is 15.6 Å². The molecule has 2 aliphatic heterocycles. The Morgan fingerprint density at radius 1 is 1.03 bits per heavy atom. The Morgan fingerprint density at radius 3 is 2.37 bits per heavy atom. The molecule has 1 aromatic carbocycles. The molecule has 2 aromatic rings. The van der Waals surface area contributed by atoms with Gasteiger partial charge in [-0.2, -0.15) is 0 Å². The first-order valence-electron chi connectivity index (χ1n) is 11.2. The Labute approximate surface area is 176 Å². The summed E-state index contributed by atoms with van der Waals surface area (Å²) in [6.45, 7) is 7.00. The van der Waals surface area contributed by atoms with Crippen molar-refractivity contribution in [1.29, 1.82) is 0 Å². The molecule has 0 bridgehead atoms. The number of halogens is 1. The van der Waals surface area contributed by atoms with Gasteiger partial charge in [-0.25, -0.2) is 4.39 Å². The third kappa shape index (κ3) is 4.08. The fourth-order valence-corrected chi connectivity index (χ4v) is 4.58. The van der Waals surface area contributed by atoms with Gasteiger partial charge in [-0.15, -0.1) is 0 Å². The second-order valence-electron chi connectivity index (χ2n) is 8.28. The summed E-state index contributed by atoms with van der Waals surface area (Å²) in [6.07, 6.45) is 7.02. The van der Waals surface area contributed by atoms with Crippen LogP contribution in [0.4, 0.5) is 10.1 Å². The minimum atomic E-state index is -0.403. The molecule has 0 spiro atoms. The van der Waals surface area contributed by atoms with Gasteiger partial charge in [0.2, 0.25) is 5.43 Å². The van der Waals surface area contributed by atoms with Crippen molar-refractivity contribution in [3.63, 3.8) is 0 Å². The number of aromatic nitrogens is 1. The van der Waals surface area contributed by atoms with Gasteiger partial charge < -0.3 is 19.7 Å². The predicted molar refractivity (Wildman–Crippen MR) is 118 cm³/mol. The molecule has 3 heterocycles. The number of likely N-dealkylation sites (tertiary alicyclic amines) is 1. The second-order valence-corrected chi connectivity index (χ2v) is 8.28. The summed E-state index contributed by atoms with van der Waals surface area (Å²) in [5, 5.41) is 3.55. The van der Waals surface area contributed by atoms with E-state index < -0.39 is 5.82 Å². The highest BCUT2D eigenvalue weighted by Crippen LogP contribution is 2.26. The zero-order valence-electron chi connectivity index (χ0n) is 17.8. The van der Waals surface area contributed by atoms with Gasteiger partial charge >= 0.3 is 0 Å². The van der Waals surface area contributed by atoms with Crippen molar-refractivity contribution in [2.45, 2.75) is 45.6 Å². The fourth-order valence-electron chi connectivity index (χ4n) is 4.58. The normalized spacial score (nSPS) is 18.3. The highest BCUT2D eigenvalue weighted by atomic mass is 19.1. The van der Waals surface area contributed by atoms with E-state index in [2.05, 4.69) is 5.32 Å². The fraction of sp³-hybridized carbons (Fsp3) is 0.565. The van der Waals surface area contributed by atoms with Gasteiger partial charge in [-0.1, -0.05) is 19.3 Å². The third-order valence-corrected chi connectivity index (χ3v) is 6.32. The molecular weight excluding hydrogens is 383 g/mol. The molecule has 6 nitrogen and oxygen atoms in total. The maximum atomic E-state index is 15.0. The average molecular weight is 415 g/mol. The van der Waals surface area contributed by atoms with Crippen molar-refractivity contribution in [3.8, 4) is 0 Å². The molecule has 0 radical (unpaired) electrons. The molecule has 2 saturated heterocycles. The lowest BCUT2D eigenvalue weighted by Crippen LogP contribution is -2.44. The van der Waals surface area contributed by atoms with Gasteiger partial charge in [0.25, 0.3) is 5.91 Å². The number of carbonyl (C=O) groups excluding carboxylic acids is 1. The number of anilines is 1. The first-order valence-corrected chi connectivity index (χ1v) is 11.2. The van der Waals surface area contributed by atoms with Crippen molar-refractivity contribution >= 4 is 22.5 Å². The van der Waals surface area contributed by atoms with E-state index in [0.29, 0.717) is 30.8 Å². The van der Waals surface area contributed by atoms with Crippen molar-refractivity contribution in [2.75, 3.05) is 44.2 Å². The van der Waals surface area contributed by atoms with E-state index in [1.165, 1.54) is 12.5 Å². The summed E-state index contributed by atoms with van der Waals surface area (Å²) in [5.74, 6) is -0.627. The van der Waals surface area contributed by atoms with Crippen LogP contribution in [-0.4, -0.2) is 54.6 Å². The molecule has 1 N–H and O–H groups in total. The van der Waals surface area contributed by atoms with Crippen molar-refractivity contribution in [3.05, 3.63) is 39.9 Å². The molecule has 2 fully saturated rings. The van der Waals surface area contributed by atoms with E-state index in [4.69, 9.17) is 0 Å². The maximum Gasteiger partial charge on any atom is 0.259 e. The Balaban J connectivity index is 1.76. The minimum Gasteiger partial charge on any atom is -0.367 e. The van der Waals surface area contributed by atoms with Gasteiger partial charge in [0.1, 0.15) is 11.4 Å². The number of hydrogen-bond acceptors (Lipinski definition) is 4. The molecule has 0 atom stereocenters. The van der Waals surface area contributed by atoms with E-state index >= 15 is 4.39 Å². The molecule has 0 unspecified atom stereocenters. The number of hydrogen-bond donors (Lipinski definition) is 1. The lowest BCUT2D eigenvalue weighted by Gasteiger charge is -2.30. The van der Waals surface area contributed by atoms with Crippen LogP contribution >= 0.6 is 0 Å². The second kappa shape index (κ2) is 9.16. The smallest absolute Gasteiger partial charge is 0.259 e. The number of carbonyl (C=O) groups is 1. The number of benzene rings is 1. The van der Waals surface area contributed by atoms with Gasteiger partial charge in [-0.3, -0.25) is 9.59 Å². The molecule has 1 aromatic heterocycles. The minimum absolute atomic E-state index is 0.152. The monoisotopic (exact) mass is 414 g/mol. The number of nitrogens with zero attached hydrogens (tertiary/aromatic N) is 3. The van der Waals surface area contributed by atoms with Crippen LogP contribution in [0.5, 0.6) is 0 Å². The van der Waals surface area contributed by atoms with Crippen LogP contribution in [-0.2, 0) is 6.54 Å². The summed E-state index contributed by atoms with van der Waals surface area (Å²) < 4.78 is 16.9. The number of rotatable bonds is 3. The number of amides is 1. The highest BCUT2D eigenvalue weighted by molar-refractivity contribution is 5.98. The SMILES string of the molecule is CCn1cc(C(=O)N2CCCCCCC2)c(=O)c2cc(F)c(N3CCNCC3)cc21. The maximum absolute atomic E-state index is 15.0. The zero-order chi connectivity index (χ0) is 21.1. The van der Waals surface area contributed by atoms with Crippen molar-refractivity contribution < 1.29 is 9.18 Å². The summed E-state index contributed by atoms with van der Waals surface area (Å²) >= 11 is 0. The standard InChI is InChI=1S/C23H31FN4O2/c1-2-26-16-18(23(30)28-10-6-4-3-5-7-11-28)22(29)17-14-19(24)21(15-20(17)26)27-12-8-25-9-13-27/h14-16,25H,2-13H2,1H3. The molecule has 0 aliphatic carbocycles. The summed E-state index contributed by atoms with van der Waals surface area (Å²) in [7, 11) is 0. The van der Waals surface area contributed by atoms with E-state index in [9.17, 15) is 9.59 Å². The van der Waals surface area contributed by atoms with Crippen LogP contribution in [0.25, 0.3) is 10.9 Å². The molecule has 0 saturated carbocycles. The van der Waals surface area contributed by atoms with E-state index in [-0.39, 0.29) is 22.3 Å². The third-order valence-electron chi connectivity index (χ3n) is 6.32. The molecular formula is C23H31FN4O2. The Kier molecular flexibility index (Phi) is 6.37. The molecule has 4 rings (SSSR count). The topological polar surface area (TPSA) is 57.6 Å². The Hall–Kier alpha value is -2.41. The van der Waals surface area contributed by atoms with Crippen LogP contribution in [0.1, 0.15) is 49.4 Å². The molecule has 1 amide bonds. The van der Waals surface area contributed by atoms with E-state index in [1.54, 1.807) is 17.2 Å². The van der Waals surface area contributed by atoms with Crippen molar-refractivity contribution in [2.24, 2.45) is 0 Å². The molecule has 2 aliphatic rings. The van der Waals surface area contributed by atoms with Gasteiger partial charge in [-0.05, 0) is 31.9 Å². The summed E-state index contributed by atoms with van der Waals surface area (Å²) in [4.78, 5) is 30.2. The first kappa shape index (κ1) is 20.8. The summed E-state index contributed by atoms with van der Waals surface area (Å²) in [6, 6.07) is 3.09. The number of aryl methyl sites for hydroxylation is 1. The van der Waals surface area contributed by atoms with E-state index in [0.717, 1.165) is 51.9 Å². The van der Waals surface area contributed by atoms with Crippen LogP contribution in [0.15, 0.2) is 23.1 Å². The quantitative estimate of drug-likeness (QED) is 0.839. The number of nitrogens with one attached hydrogen (secondary N) is 1. The number of fused-ring (bicyclic) bond motifs is 1. The van der Waals surface area contributed by atoms with Gasteiger partial charge in [0.05, 0.1) is 11.2 Å². The largest absolute Gasteiger partial charge is 0.367 e. The predicted octanol–water partition coefficient (Wildman–Crippen LogP) is 2.98. The van der Waals surface area contributed by atoms with Crippen molar-refractivity contribution in [1.82, 2.24) is 14.8 Å². The van der Waals surface area contributed by atoms with Crippen LogP contribution in [0, 0.1) is 5.82 Å². The van der Waals surface area contributed by atoms with Crippen LogP contribution in [0.3, 0.4) is 0 Å². The Bertz CT molecular complexity index is 973. The number of piperazine rings is 1. The van der Waals surface area contributed by atoms with Gasteiger partial charge in [0, 0.05) is 57.4 Å². The summed E-state index contributed by atoms with van der Waals surface area (Å²) in [5.41, 5.74) is 0.988. The van der Waals surface area contributed by atoms with Gasteiger partial charge in [0.15, 0.2) is 0 Å². The molecule has 162 valence electrons.